The van der Waals surface area contributed by atoms with Crippen LogP contribution >= 0.6 is 0 Å². The molecule has 2 fully saturated rings. The molecular formula is C47H35F3N2O6. The van der Waals surface area contributed by atoms with Crippen LogP contribution < -0.4 is 15.0 Å². The number of fused-ring (bicyclic) bond motifs is 4. The summed E-state index contributed by atoms with van der Waals surface area (Å²) in [6.45, 7) is 0. The number of rotatable bonds is 7. The maximum Gasteiger partial charge on any atom is 0.573 e. The molecule has 0 unspecified atom stereocenters. The standard InChI is InChI=1S/C47H35F3N2O6/c48-47(49,50)58-32-20-23-39(53)37(24-32)42-33-21-22-34-41(45(57)52(44(34)56)31-18-16-30(17-19-31)51-29-14-8-3-9-15-29)36(33)25-38-43(55)35(27-10-4-1-5-11-27)26-40(54)46(38,42)28-12-6-2-7-13-28/h1-21,23-24,26,34,36,38,41-42,51,53H,22,25H2/t34-,36+,38-,41-,42+,46-/m0/s1. The van der Waals surface area contributed by atoms with Gasteiger partial charge in [0.25, 0.3) is 0 Å². The second-order valence-electron chi connectivity index (χ2n) is 15.1. The molecule has 0 radical (unpaired) electrons. The van der Waals surface area contributed by atoms with E-state index >= 15 is 9.59 Å². The van der Waals surface area contributed by atoms with Crippen LogP contribution in [0.25, 0.3) is 5.57 Å². The van der Waals surface area contributed by atoms with Gasteiger partial charge in [-0.3, -0.25) is 24.1 Å². The maximum absolute atomic E-state index is 15.2. The van der Waals surface area contributed by atoms with Gasteiger partial charge in [0, 0.05) is 34.3 Å². The number of aromatic hydroxyl groups is 1. The van der Waals surface area contributed by atoms with Crippen molar-refractivity contribution in [3.8, 4) is 11.5 Å². The number of alkyl halides is 3. The van der Waals surface area contributed by atoms with Crippen molar-refractivity contribution in [3.05, 3.63) is 168 Å². The summed E-state index contributed by atoms with van der Waals surface area (Å²) in [7, 11) is 0. The lowest BCUT2D eigenvalue weighted by Crippen LogP contribution is -2.58. The number of imide groups is 1. The number of benzene rings is 5. The Labute approximate surface area is 331 Å². The first-order chi connectivity index (χ1) is 28.0. The lowest BCUT2D eigenvalue weighted by molar-refractivity contribution is -0.274. The number of ketones is 2. The Bertz CT molecular complexity index is 2520. The maximum atomic E-state index is 15.2. The second kappa shape index (κ2) is 14.0. The summed E-state index contributed by atoms with van der Waals surface area (Å²) in [5.74, 6) is -7.77. The van der Waals surface area contributed by atoms with Crippen molar-refractivity contribution in [2.75, 3.05) is 10.2 Å². The number of carbonyl (C=O) groups is 4. The predicted molar refractivity (Wildman–Crippen MR) is 210 cm³/mol. The number of Topliss-reactive ketones (excluding diaryl/α,β-unsaturated/α-hetero) is 1. The van der Waals surface area contributed by atoms with Crippen LogP contribution in [0.15, 0.2) is 151 Å². The van der Waals surface area contributed by atoms with Crippen molar-refractivity contribution in [1.82, 2.24) is 0 Å². The van der Waals surface area contributed by atoms with E-state index in [-0.39, 0.29) is 24.0 Å². The highest BCUT2D eigenvalue weighted by atomic mass is 19.4. The Balaban J connectivity index is 1.20. The molecule has 4 aliphatic rings. The van der Waals surface area contributed by atoms with Crippen molar-refractivity contribution in [1.29, 1.82) is 0 Å². The van der Waals surface area contributed by atoms with Crippen LogP contribution in [0.2, 0.25) is 0 Å². The molecular weight excluding hydrogens is 746 g/mol. The van der Waals surface area contributed by atoms with E-state index in [1.165, 1.54) is 11.0 Å². The number of carbonyl (C=O) groups excluding carboxylic acids is 4. The Morgan fingerprint density at radius 2 is 1.38 bits per heavy atom. The number of hydrogen-bond acceptors (Lipinski definition) is 7. The van der Waals surface area contributed by atoms with Gasteiger partial charge in [0.15, 0.2) is 11.6 Å². The van der Waals surface area contributed by atoms with E-state index in [9.17, 15) is 27.9 Å². The Morgan fingerprint density at radius 3 is 2.05 bits per heavy atom. The number of amides is 2. The predicted octanol–water partition coefficient (Wildman–Crippen LogP) is 9.06. The summed E-state index contributed by atoms with van der Waals surface area (Å²) in [4.78, 5) is 60.5. The van der Waals surface area contributed by atoms with Crippen molar-refractivity contribution >= 4 is 46.0 Å². The molecule has 290 valence electrons. The molecule has 5 aromatic rings. The number of nitrogens with one attached hydrogen (secondary N) is 1. The molecule has 6 atom stereocenters. The van der Waals surface area contributed by atoms with E-state index in [0.29, 0.717) is 22.4 Å². The van der Waals surface area contributed by atoms with Crippen LogP contribution in [0.4, 0.5) is 30.2 Å². The number of halogens is 3. The Kier molecular flexibility index (Phi) is 8.91. The van der Waals surface area contributed by atoms with Gasteiger partial charge in [-0.1, -0.05) is 90.5 Å². The molecule has 0 spiro atoms. The van der Waals surface area contributed by atoms with Gasteiger partial charge in [-0.2, -0.15) is 0 Å². The van der Waals surface area contributed by atoms with Gasteiger partial charge in [-0.05, 0) is 90.6 Å². The third kappa shape index (κ3) is 6.00. The topological polar surface area (TPSA) is 113 Å². The SMILES string of the molecule is O=C1C(c2ccccc2)=CC(=O)[C@@]2(c3ccccc3)[C@@H](c3cc(OC(F)(F)F)ccc3O)C3=CC[C@@H]4C(=O)N(c5ccc(Nc6ccccc6)cc5)C(=O)[C@@H]4[C@@H]3C[C@@H]12. The van der Waals surface area contributed by atoms with E-state index in [1.807, 2.05) is 30.3 Å². The molecule has 1 saturated heterocycles. The minimum atomic E-state index is -5.07. The first-order valence-electron chi connectivity index (χ1n) is 19.0. The Morgan fingerprint density at radius 1 is 0.741 bits per heavy atom. The second-order valence-corrected chi connectivity index (χ2v) is 15.1. The molecule has 5 aromatic carbocycles. The number of phenols is 1. The van der Waals surface area contributed by atoms with Crippen molar-refractivity contribution in [2.45, 2.75) is 30.5 Å². The number of allylic oxidation sites excluding steroid dienone is 4. The van der Waals surface area contributed by atoms with Crippen molar-refractivity contribution in [3.63, 3.8) is 0 Å². The number of nitrogens with zero attached hydrogens (tertiary/aromatic N) is 1. The molecule has 11 heteroatoms. The highest BCUT2D eigenvalue weighted by Gasteiger charge is 2.66. The average molecular weight is 781 g/mol. The smallest absolute Gasteiger partial charge is 0.508 e. The fraction of sp³-hybridized carbons (Fsp3) is 0.191. The normalized spacial score (nSPS) is 25.3. The van der Waals surface area contributed by atoms with Gasteiger partial charge >= 0.3 is 6.36 Å². The third-order valence-corrected chi connectivity index (χ3v) is 12.1. The fourth-order valence-electron chi connectivity index (χ4n) is 9.82. The molecule has 1 saturated carbocycles. The van der Waals surface area contributed by atoms with Crippen LogP contribution in [0.1, 0.15) is 35.4 Å². The van der Waals surface area contributed by atoms with Crippen LogP contribution in [0.3, 0.4) is 0 Å². The minimum absolute atomic E-state index is 0.0144. The summed E-state index contributed by atoms with van der Waals surface area (Å²) in [6, 6.07) is 36.8. The largest absolute Gasteiger partial charge is 0.573 e. The zero-order valence-electron chi connectivity index (χ0n) is 30.7. The lowest BCUT2D eigenvalue weighted by atomic mass is 9.44. The highest BCUT2D eigenvalue weighted by molar-refractivity contribution is 6.32. The number of hydrogen-bond donors (Lipinski definition) is 2. The van der Waals surface area contributed by atoms with Gasteiger partial charge in [-0.15, -0.1) is 13.2 Å². The number of para-hydroxylation sites is 1. The first-order valence-corrected chi connectivity index (χ1v) is 19.0. The summed E-state index contributed by atoms with van der Waals surface area (Å²) in [5.41, 5.74) is 1.72. The van der Waals surface area contributed by atoms with Crippen molar-refractivity contribution in [2.24, 2.45) is 23.7 Å². The molecule has 1 heterocycles. The van der Waals surface area contributed by atoms with Crippen molar-refractivity contribution < 1.29 is 42.2 Å². The van der Waals surface area contributed by atoms with Crippen LogP contribution in [0.5, 0.6) is 11.5 Å². The molecule has 3 aliphatic carbocycles. The summed E-state index contributed by atoms with van der Waals surface area (Å²) in [5, 5.41) is 14.9. The quantitative estimate of drug-likeness (QED) is 0.125. The molecule has 2 N–H and O–H groups in total. The average Bonchev–Trinajstić information content (AvgIpc) is 3.48. The van der Waals surface area contributed by atoms with Crippen LogP contribution in [0, 0.1) is 23.7 Å². The molecule has 2 amide bonds. The molecule has 0 aromatic heterocycles. The van der Waals surface area contributed by atoms with Gasteiger partial charge < -0.3 is 15.2 Å². The van der Waals surface area contributed by atoms with E-state index in [1.54, 1.807) is 91.0 Å². The minimum Gasteiger partial charge on any atom is -0.508 e. The monoisotopic (exact) mass is 780 g/mol. The highest BCUT2D eigenvalue weighted by Crippen LogP contribution is 2.64. The zero-order valence-corrected chi connectivity index (χ0v) is 30.7. The zero-order chi connectivity index (χ0) is 40.3. The fourth-order valence-corrected chi connectivity index (χ4v) is 9.82. The number of anilines is 3. The summed E-state index contributed by atoms with van der Waals surface area (Å²) >= 11 is 0. The van der Waals surface area contributed by atoms with E-state index < -0.39 is 76.2 Å². The van der Waals surface area contributed by atoms with Gasteiger partial charge in [-0.25, -0.2) is 0 Å². The molecule has 1 aliphatic heterocycles. The van der Waals surface area contributed by atoms with Gasteiger partial charge in [0.1, 0.15) is 11.5 Å². The molecule has 0 bridgehead atoms. The molecule has 9 rings (SSSR count). The van der Waals surface area contributed by atoms with Crippen LogP contribution in [-0.4, -0.2) is 34.8 Å². The van der Waals surface area contributed by atoms with E-state index in [2.05, 4.69) is 10.1 Å². The van der Waals surface area contributed by atoms with E-state index in [0.717, 1.165) is 29.6 Å². The molecule has 8 nitrogen and oxygen atoms in total. The third-order valence-electron chi connectivity index (χ3n) is 12.1. The van der Waals surface area contributed by atoms with E-state index in [4.69, 9.17) is 0 Å². The summed E-state index contributed by atoms with van der Waals surface area (Å²) < 4.78 is 45.3. The van der Waals surface area contributed by atoms with Gasteiger partial charge in [0.2, 0.25) is 11.8 Å². The molecule has 58 heavy (non-hydrogen) atoms. The Hall–Kier alpha value is -6.75. The van der Waals surface area contributed by atoms with Gasteiger partial charge in [0.05, 0.1) is 22.9 Å². The number of ether oxygens (including phenoxy) is 1. The van der Waals surface area contributed by atoms with Crippen LogP contribution in [-0.2, 0) is 24.6 Å². The lowest BCUT2D eigenvalue weighted by Gasteiger charge is -2.55. The number of phenolic OH excluding ortho intramolecular Hbond substituents is 1. The summed E-state index contributed by atoms with van der Waals surface area (Å²) in [6.07, 6.45) is -1.91. The first kappa shape index (κ1) is 36.9.